The van der Waals surface area contributed by atoms with Crippen molar-refractivity contribution in [2.75, 3.05) is 0 Å². The quantitative estimate of drug-likeness (QED) is 0.450. The molecule has 5 aromatic rings. The molecule has 5 heteroatoms. The molecule has 0 N–H and O–H groups in total. The molecule has 0 amide bonds. The highest BCUT2D eigenvalue weighted by atomic mass is 16.1. The van der Waals surface area contributed by atoms with E-state index in [4.69, 9.17) is 0 Å². The van der Waals surface area contributed by atoms with E-state index < -0.39 is 0 Å². The zero-order valence-corrected chi connectivity index (χ0v) is 15.5. The van der Waals surface area contributed by atoms with Gasteiger partial charge in [0.2, 0.25) is 5.78 Å². The standard InChI is InChI=1S/C24H17N3O2/c28-22-18(15-17-9-3-1-4-10-17)16-26-23(29)20-13-7-8-14-21(20)25-24(26)27(22)19-11-5-2-6-12-19/h1-14,16H,15H2. The van der Waals surface area contributed by atoms with E-state index in [0.29, 0.717) is 34.4 Å². The zero-order valence-electron chi connectivity index (χ0n) is 15.5. The number of hydrogen-bond acceptors (Lipinski definition) is 3. The molecule has 2 heterocycles. The fraction of sp³-hybridized carbons (Fsp3) is 0.0417. The fourth-order valence-corrected chi connectivity index (χ4v) is 3.60. The minimum Gasteiger partial charge on any atom is -0.268 e. The first-order valence-electron chi connectivity index (χ1n) is 9.38. The van der Waals surface area contributed by atoms with Crippen LogP contribution in [0, 0.1) is 0 Å². The molecule has 0 bridgehead atoms. The lowest BCUT2D eigenvalue weighted by atomic mass is 10.1. The molecule has 0 aliphatic carbocycles. The highest BCUT2D eigenvalue weighted by Crippen LogP contribution is 2.14. The van der Waals surface area contributed by atoms with Crippen LogP contribution >= 0.6 is 0 Å². The van der Waals surface area contributed by atoms with Crippen molar-refractivity contribution in [3.63, 3.8) is 0 Å². The van der Waals surface area contributed by atoms with E-state index in [2.05, 4.69) is 4.98 Å². The van der Waals surface area contributed by atoms with Gasteiger partial charge in [0.1, 0.15) is 0 Å². The van der Waals surface area contributed by atoms with Crippen LogP contribution in [0.15, 0.2) is 101 Å². The normalized spacial score (nSPS) is 11.2. The minimum absolute atomic E-state index is 0.178. The molecule has 0 radical (unpaired) electrons. The minimum atomic E-state index is -0.190. The number of benzene rings is 3. The Balaban J connectivity index is 1.89. The third-order valence-electron chi connectivity index (χ3n) is 5.00. The van der Waals surface area contributed by atoms with Crippen molar-refractivity contribution in [2.45, 2.75) is 6.42 Å². The maximum absolute atomic E-state index is 13.4. The van der Waals surface area contributed by atoms with Gasteiger partial charge in [0.25, 0.3) is 11.1 Å². The summed E-state index contributed by atoms with van der Waals surface area (Å²) >= 11 is 0. The molecule has 5 nitrogen and oxygen atoms in total. The van der Waals surface area contributed by atoms with Gasteiger partial charge < -0.3 is 0 Å². The van der Waals surface area contributed by atoms with Gasteiger partial charge in [-0.1, -0.05) is 60.7 Å². The summed E-state index contributed by atoms with van der Waals surface area (Å²) in [6, 6.07) is 26.2. The van der Waals surface area contributed by atoms with Gasteiger partial charge in [0.15, 0.2) is 0 Å². The first-order valence-corrected chi connectivity index (χ1v) is 9.38. The molecular formula is C24H17N3O2. The molecular weight excluding hydrogens is 362 g/mol. The largest absolute Gasteiger partial charge is 0.268 e. The van der Waals surface area contributed by atoms with Crippen molar-refractivity contribution in [1.82, 2.24) is 14.0 Å². The van der Waals surface area contributed by atoms with Crippen LogP contribution in [0.3, 0.4) is 0 Å². The number of aromatic nitrogens is 3. The molecule has 140 valence electrons. The highest BCUT2D eigenvalue weighted by molar-refractivity contribution is 5.79. The van der Waals surface area contributed by atoms with Gasteiger partial charge in [-0.3, -0.25) is 14.0 Å². The second-order valence-electron chi connectivity index (χ2n) is 6.90. The lowest BCUT2D eigenvalue weighted by Gasteiger charge is -2.14. The summed E-state index contributed by atoms with van der Waals surface area (Å²) in [6.07, 6.45) is 2.06. The van der Waals surface area contributed by atoms with E-state index >= 15 is 0 Å². The van der Waals surface area contributed by atoms with Crippen LogP contribution in [0.25, 0.3) is 22.4 Å². The second kappa shape index (κ2) is 6.87. The van der Waals surface area contributed by atoms with E-state index in [1.54, 1.807) is 18.3 Å². The second-order valence-corrected chi connectivity index (χ2v) is 6.90. The summed E-state index contributed by atoms with van der Waals surface area (Å²) in [6.45, 7) is 0. The average Bonchev–Trinajstić information content (AvgIpc) is 2.76. The third-order valence-corrected chi connectivity index (χ3v) is 5.00. The molecule has 0 spiro atoms. The molecule has 0 unspecified atom stereocenters. The van der Waals surface area contributed by atoms with Crippen molar-refractivity contribution in [2.24, 2.45) is 0 Å². The monoisotopic (exact) mass is 379 g/mol. The number of fused-ring (bicyclic) bond motifs is 2. The van der Waals surface area contributed by atoms with Crippen molar-refractivity contribution in [3.05, 3.63) is 123 Å². The van der Waals surface area contributed by atoms with Crippen molar-refractivity contribution < 1.29 is 0 Å². The third kappa shape index (κ3) is 2.93. The van der Waals surface area contributed by atoms with Crippen LogP contribution in [-0.4, -0.2) is 14.0 Å². The van der Waals surface area contributed by atoms with Gasteiger partial charge in [0.05, 0.1) is 16.6 Å². The van der Waals surface area contributed by atoms with Gasteiger partial charge in [-0.05, 0) is 29.8 Å². The van der Waals surface area contributed by atoms with Crippen LogP contribution in [0.5, 0.6) is 0 Å². The number of rotatable bonds is 3. The Morgan fingerprint density at radius 3 is 2.14 bits per heavy atom. The Morgan fingerprint density at radius 1 is 0.724 bits per heavy atom. The molecule has 0 saturated carbocycles. The molecule has 0 aliphatic rings. The van der Waals surface area contributed by atoms with Crippen LogP contribution in [0.1, 0.15) is 11.1 Å². The lowest BCUT2D eigenvalue weighted by molar-refractivity contribution is 0.875. The Bertz CT molecular complexity index is 1450. The maximum Gasteiger partial charge on any atom is 0.266 e. The Labute approximate surface area is 166 Å². The summed E-state index contributed by atoms with van der Waals surface area (Å²) < 4.78 is 3.00. The summed E-state index contributed by atoms with van der Waals surface area (Å²) in [5, 5.41) is 0.522. The van der Waals surface area contributed by atoms with Crippen LogP contribution in [0.2, 0.25) is 0 Å². The Morgan fingerprint density at radius 2 is 1.38 bits per heavy atom. The first-order chi connectivity index (χ1) is 14.2. The van der Waals surface area contributed by atoms with E-state index in [9.17, 15) is 9.59 Å². The van der Waals surface area contributed by atoms with E-state index in [1.165, 1.54) is 8.97 Å². The zero-order chi connectivity index (χ0) is 19.8. The fourth-order valence-electron chi connectivity index (χ4n) is 3.60. The number of hydrogen-bond donors (Lipinski definition) is 0. The SMILES string of the molecule is O=c1c(Cc2ccccc2)cn2c(=O)c3ccccc3nc2n1-c1ccccc1. The molecule has 0 atom stereocenters. The highest BCUT2D eigenvalue weighted by Gasteiger charge is 2.15. The maximum atomic E-state index is 13.4. The predicted octanol–water partition coefficient (Wildman–Crippen LogP) is 3.59. The summed E-state index contributed by atoms with van der Waals surface area (Å²) in [5.74, 6) is 0.307. The van der Waals surface area contributed by atoms with Gasteiger partial charge >= 0.3 is 0 Å². The molecule has 29 heavy (non-hydrogen) atoms. The van der Waals surface area contributed by atoms with E-state index in [0.717, 1.165) is 5.56 Å². The first kappa shape index (κ1) is 17.1. The summed E-state index contributed by atoms with van der Waals surface area (Å²) in [5.41, 5.74) is 2.41. The molecule has 0 fully saturated rings. The summed E-state index contributed by atoms with van der Waals surface area (Å²) in [7, 11) is 0. The van der Waals surface area contributed by atoms with E-state index in [-0.39, 0.29) is 11.1 Å². The van der Waals surface area contributed by atoms with Gasteiger partial charge in [0, 0.05) is 18.2 Å². The molecule has 3 aromatic carbocycles. The van der Waals surface area contributed by atoms with Crippen molar-refractivity contribution >= 4 is 16.7 Å². The average molecular weight is 379 g/mol. The van der Waals surface area contributed by atoms with Crippen molar-refractivity contribution in [3.8, 4) is 5.69 Å². The van der Waals surface area contributed by atoms with E-state index in [1.807, 2.05) is 72.8 Å². The van der Waals surface area contributed by atoms with Gasteiger partial charge in [-0.15, -0.1) is 0 Å². The smallest absolute Gasteiger partial charge is 0.266 e. The van der Waals surface area contributed by atoms with Crippen LogP contribution < -0.4 is 11.1 Å². The Kier molecular flexibility index (Phi) is 4.06. The molecule has 5 rings (SSSR count). The van der Waals surface area contributed by atoms with Gasteiger partial charge in [-0.2, -0.15) is 0 Å². The van der Waals surface area contributed by atoms with Crippen molar-refractivity contribution in [1.29, 1.82) is 0 Å². The Hall–Kier alpha value is -3.99. The lowest BCUT2D eigenvalue weighted by Crippen LogP contribution is -2.30. The molecule has 2 aromatic heterocycles. The number of nitrogens with zero attached hydrogens (tertiary/aromatic N) is 3. The predicted molar refractivity (Wildman–Crippen MR) is 114 cm³/mol. The van der Waals surface area contributed by atoms with Crippen LogP contribution in [0.4, 0.5) is 0 Å². The van der Waals surface area contributed by atoms with Gasteiger partial charge in [-0.25, -0.2) is 9.55 Å². The summed E-state index contributed by atoms with van der Waals surface area (Å²) in [4.78, 5) is 31.3. The van der Waals surface area contributed by atoms with Crippen LogP contribution in [-0.2, 0) is 6.42 Å². The topological polar surface area (TPSA) is 56.4 Å². The molecule has 0 aliphatic heterocycles. The number of para-hydroxylation sites is 2. The molecule has 0 saturated heterocycles.